The fourth-order valence-electron chi connectivity index (χ4n) is 8.67. The van der Waals surface area contributed by atoms with E-state index >= 15 is 0 Å². The lowest BCUT2D eigenvalue weighted by molar-refractivity contribution is -0.0573. The molecule has 28 heavy (non-hydrogen) atoms. The number of hydrogen-bond acceptors (Lipinski definition) is 1. The predicted octanol–water partition coefficient (Wildman–Crippen LogP) is 7.39. The Morgan fingerprint density at radius 2 is 1.79 bits per heavy atom. The summed E-state index contributed by atoms with van der Waals surface area (Å²) >= 11 is 0. The normalized spacial score (nSPS) is 46.5. The summed E-state index contributed by atoms with van der Waals surface area (Å²) in [5.74, 6) is 5.46. The summed E-state index contributed by atoms with van der Waals surface area (Å²) in [5.41, 5.74) is 2.60. The molecule has 0 saturated heterocycles. The van der Waals surface area contributed by atoms with E-state index in [4.69, 9.17) is 0 Å². The van der Waals surface area contributed by atoms with Crippen molar-refractivity contribution in [1.29, 1.82) is 0 Å². The van der Waals surface area contributed by atoms with Crippen LogP contribution in [-0.2, 0) is 0 Å². The molecule has 1 heteroatoms. The SMILES string of the molecule is CC(C)CCC[C@@H](C)[C@H]1CC[C@H]2[C@@H]3CC=C4[13CH2][13C@@H](O)CC[C@]4(C)[C@H]3CC[C@]12C. The Balaban J connectivity index is 1.49. The van der Waals surface area contributed by atoms with Crippen molar-refractivity contribution >= 4 is 0 Å². The van der Waals surface area contributed by atoms with Crippen molar-refractivity contribution in [2.75, 3.05) is 0 Å². The van der Waals surface area contributed by atoms with Gasteiger partial charge in [0.1, 0.15) is 0 Å². The summed E-state index contributed by atoms with van der Waals surface area (Å²) in [6.07, 6.45) is 17.2. The molecule has 0 aromatic rings. The van der Waals surface area contributed by atoms with E-state index in [0.717, 1.165) is 48.3 Å². The molecule has 0 aromatic heterocycles. The number of rotatable bonds is 5. The first-order chi connectivity index (χ1) is 13.3. The number of allylic oxidation sites excluding steroid dienone is 1. The van der Waals surface area contributed by atoms with E-state index in [-0.39, 0.29) is 6.10 Å². The Morgan fingerprint density at radius 3 is 2.54 bits per heavy atom. The minimum absolute atomic E-state index is 0.0766. The van der Waals surface area contributed by atoms with E-state index in [2.05, 4.69) is 40.7 Å². The molecule has 0 amide bonds. The fraction of sp³-hybridized carbons (Fsp3) is 0.926. The van der Waals surface area contributed by atoms with E-state index in [9.17, 15) is 5.11 Å². The van der Waals surface area contributed by atoms with Crippen molar-refractivity contribution in [3.8, 4) is 0 Å². The Labute approximate surface area is 174 Å². The van der Waals surface area contributed by atoms with Crippen LogP contribution in [0.5, 0.6) is 0 Å². The lowest BCUT2D eigenvalue weighted by atomic mass is 9.48. The first kappa shape index (κ1) is 21.0. The molecule has 3 fully saturated rings. The summed E-state index contributed by atoms with van der Waals surface area (Å²) in [7, 11) is 0. The van der Waals surface area contributed by atoms with Crippen LogP contribution in [0.3, 0.4) is 0 Å². The second-order valence-corrected chi connectivity index (χ2v) is 12.2. The van der Waals surface area contributed by atoms with Crippen molar-refractivity contribution in [1.82, 2.24) is 0 Å². The van der Waals surface area contributed by atoms with Gasteiger partial charge in [-0.25, -0.2) is 0 Å². The minimum atomic E-state index is -0.0766. The lowest BCUT2D eigenvalue weighted by Gasteiger charge is -2.58. The summed E-state index contributed by atoms with van der Waals surface area (Å²) < 4.78 is 0. The van der Waals surface area contributed by atoms with Gasteiger partial charge in [0.2, 0.25) is 0 Å². The van der Waals surface area contributed by atoms with E-state index in [1.165, 1.54) is 57.8 Å². The molecule has 0 unspecified atom stereocenters. The van der Waals surface area contributed by atoms with Crippen LogP contribution in [0, 0.1) is 46.3 Å². The van der Waals surface area contributed by atoms with E-state index < -0.39 is 0 Å². The van der Waals surface area contributed by atoms with Gasteiger partial charge in [-0.1, -0.05) is 65.5 Å². The van der Waals surface area contributed by atoms with Crippen LogP contribution in [0.1, 0.15) is 105 Å². The molecular formula is C27H46O. The van der Waals surface area contributed by atoms with Gasteiger partial charge < -0.3 is 5.11 Å². The quantitative estimate of drug-likeness (QED) is 0.384. The molecule has 4 aliphatic rings. The molecule has 0 aromatic carbocycles. The second kappa shape index (κ2) is 7.75. The van der Waals surface area contributed by atoms with Gasteiger partial charge in [0, 0.05) is 0 Å². The number of aliphatic hydroxyl groups excluding tert-OH is 1. The second-order valence-electron chi connectivity index (χ2n) is 12.2. The third kappa shape index (κ3) is 3.42. The first-order valence-corrected chi connectivity index (χ1v) is 12.6. The van der Waals surface area contributed by atoms with Gasteiger partial charge in [-0.2, -0.15) is 0 Å². The number of hydrogen-bond donors (Lipinski definition) is 1. The molecule has 3 saturated carbocycles. The Morgan fingerprint density at radius 1 is 1.00 bits per heavy atom. The Hall–Kier alpha value is -0.300. The number of fused-ring (bicyclic) bond motifs is 5. The maximum Gasteiger partial charge on any atom is 0.0577 e. The molecule has 0 spiro atoms. The van der Waals surface area contributed by atoms with Gasteiger partial charge in [-0.05, 0) is 97.7 Å². The fourth-order valence-corrected chi connectivity index (χ4v) is 8.67. The molecule has 0 bridgehead atoms. The Bertz CT molecular complexity index is 591. The maximum atomic E-state index is 10.2. The highest BCUT2D eigenvalue weighted by Gasteiger charge is 2.59. The third-order valence-corrected chi connectivity index (χ3v) is 10.3. The van der Waals surface area contributed by atoms with E-state index in [1.54, 1.807) is 5.57 Å². The standard InChI is InChI=1S/C27H46O/c1-18(2)7-6-8-19(3)23-11-12-24-22-10-9-20-17-21(28)13-15-26(20,4)25(22)14-16-27(23,24)5/h9,18-19,21-25,28H,6-8,10-17H2,1-5H3/t19-,21+,22+,23-,24+,25+,26+,27-/m1/s1/i17+1,21+1. The van der Waals surface area contributed by atoms with Gasteiger partial charge in [0.05, 0.1) is 6.10 Å². The zero-order chi connectivity index (χ0) is 20.1. The van der Waals surface area contributed by atoms with Crippen molar-refractivity contribution in [2.45, 2.75) is 111 Å². The van der Waals surface area contributed by atoms with Gasteiger partial charge >= 0.3 is 0 Å². The molecule has 1 nitrogen and oxygen atoms in total. The van der Waals surface area contributed by atoms with Crippen molar-refractivity contribution in [3.05, 3.63) is 11.6 Å². The monoisotopic (exact) mass is 388 g/mol. The van der Waals surface area contributed by atoms with Gasteiger partial charge in [-0.15, -0.1) is 0 Å². The van der Waals surface area contributed by atoms with Crippen LogP contribution >= 0.6 is 0 Å². The first-order valence-electron chi connectivity index (χ1n) is 12.6. The highest BCUT2D eigenvalue weighted by molar-refractivity contribution is 5.25. The van der Waals surface area contributed by atoms with E-state index in [0.29, 0.717) is 10.8 Å². The van der Waals surface area contributed by atoms with Crippen LogP contribution in [0.4, 0.5) is 0 Å². The molecule has 4 aliphatic carbocycles. The van der Waals surface area contributed by atoms with Crippen molar-refractivity contribution in [2.24, 2.45) is 46.3 Å². The van der Waals surface area contributed by atoms with Gasteiger partial charge in [0.15, 0.2) is 0 Å². The summed E-state index contributed by atoms with van der Waals surface area (Å²) in [4.78, 5) is 0. The van der Waals surface area contributed by atoms with Gasteiger partial charge in [-0.3, -0.25) is 0 Å². The van der Waals surface area contributed by atoms with Crippen LogP contribution in [-0.4, -0.2) is 11.2 Å². The maximum absolute atomic E-state index is 10.2. The highest BCUT2D eigenvalue weighted by atomic mass is 16.4. The predicted molar refractivity (Wildman–Crippen MR) is 119 cm³/mol. The molecule has 0 heterocycles. The number of aliphatic hydroxyl groups is 1. The van der Waals surface area contributed by atoms with E-state index in [1.807, 2.05) is 0 Å². The lowest BCUT2D eigenvalue weighted by Crippen LogP contribution is -2.50. The van der Waals surface area contributed by atoms with Gasteiger partial charge in [0.25, 0.3) is 0 Å². The molecule has 8 atom stereocenters. The van der Waals surface area contributed by atoms with Crippen LogP contribution in [0.2, 0.25) is 0 Å². The average Bonchev–Trinajstić information content (AvgIpc) is 2.99. The largest absolute Gasteiger partial charge is 0.393 e. The van der Waals surface area contributed by atoms with Crippen LogP contribution < -0.4 is 0 Å². The zero-order valence-electron chi connectivity index (χ0n) is 19.3. The molecule has 0 radical (unpaired) electrons. The molecule has 4 rings (SSSR count). The average molecular weight is 389 g/mol. The van der Waals surface area contributed by atoms with Crippen molar-refractivity contribution in [3.63, 3.8) is 0 Å². The zero-order valence-corrected chi connectivity index (χ0v) is 19.3. The summed E-state index contributed by atoms with van der Waals surface area (Å²) in [6.45, 7) is 12.6. The molecule has 0 aliphatic heterocycles. The minimum Gasteiger partial charge on any atom is -0.393 e. The molecule has 160 valence electrons. The third-order valence-electron chi connectivity index (χ3n) is 10.3. The highest BCUT2D eigenvalue weighted by Crippen LogP contribution is 2.67. The van der Waals surface area contributed by atoms with Crippen molar-refractivity contribution < 1.29 is 5.11 Å². The summed E-state index contributed by atoms with van der Waals surface area (Å²) in [6, 6.07) is 0. The smallest absolute Gasteiger partial charge is 0.0577 e. The Kier molecular flexibility index (Phi) is 5.80. The summed E-state index contributed by atoms with van der Waals surface area (Å²) in [5, 5.41) is 10.2. The topological polar surface area (TPSA) is 20.2 Å². The molecular weight excluding hydrogens is 342 g/mol. The molecule has 1 N–H and O–H groups in total. The van der Waals surface area contributed by atoms with Crippen LogP contribution in [0.25, 0.3) is 0 Å². The van der Waals surface area contributed by atoms with Crippen LogP contribution in [0.15, 0.2) is 11.6 Å².